The molecule has 1 aliphatic heterocycles. The summed E-state index contributed by atoms with van der Waals surface area (Å²) in [7, 11) is 1.71. The summed E-state index contributed by atoms with van der Waals surface area (Å²) in [6.07, 6.45) is 8.27. The third-order valence-corrected chi connectivity index (χ3v) is 6.18. The summed E-state index contributed by atoms with van der Waals surface area (Å²) in [5.74, 6) is -0.0574. The summed E-state index contributed by atoms with van der Waals surface area (Å²) in [4.78, 5) is 19.7. The van der Waals surface area contributed by atoms with Gasteiger partial charge in [0.15, 0.2) is 0 Å². The zero-order valence-corrected chi connectivity index (χ0v) is 17.4. The maximum atomic E-state index is 14.0. The number of rotatable bonds is 9. The molecule has 1 amide bonds. The molecule has 2 aromatic rings. The molecule has 2 aliphatic rings. The monoisotopic (exact) mass is 402 g/mol. The van der Waals surface area contributed by atoms with E-state index >= 15 is 0 Å². The molecular formula is C22H31FN4O2. The van der Waals surface area contributed by atoms with E-state index in [2.05, 4.69) is 32.9 Å². The van der Waals surface area contributed by atoms with E-state index in [1.807, 2.05) is 0 Å². The molecule has 2 fully saturated rings. The molecule has 1 unspecified atom stereocenters. The molecule has 0 spiro atoms. The number of nitrogens with one attached hydrogen (secondary N) is 1. The van der Waals surface area contributed by atoms with Crippen molar-refractivity contribution >= 4 is 16.9 Å². The fourth-order valence-corrected chi connectivity index (χ4v) is 4.47. The molecule has 2 aromatic heterocycles. The number of nitrogens with zero attached hydrogens (tertiary/aromatic N) is 3. The number of fused-ring (bicyclic) bond motifs is 1. The van der Waals surface area contributed by atoms with Crippen LogP contribution in [-0.4, -0.2) is 53.2 Å². The van der Waals surface area contributed by atoms with Crippen LogP contribution in [0.25, 0.3) is 11.0 Å². The van der Waals surface area contributed by atoms with Gasteiger partial charge in [0.25, 0.3) is 0 Å². The molecule has 7 heteroatoms. The zero-order chi connectivity index (χ0) is 20.4. The molecule has 158 valence electrons. The van der Waals surface area contributed by atoms with Crippen LogP contribution in [-0.2, 0) is 16.1 Å². The number of aromatic nitrogens is 2. The SMILES string of the molecule is COCCCCn1cc(C(C)N(C(=O)[C@@H]2CCNC2)C2CC2)c2cc(F)cnc21. The largest absolute Gasteiger partial charge is 0.385 e. The molecule has 1 N–H and O–H groups in total. The molecule has 4 rings (SSSR count). The molecule has 0 radical (unpaired) electrons. The Hall–Kier alpha value is -1.99. The van der Waals surface area contributed by atoms with E-state index in [4.69, 9.17) is 4.74 Å². The lowest BCUT2D eigenvalue weighted by Crippen LogP contribution is -2.40. The van der Waals surface area contributed by atoms with Gasteiger partial charge in [0, 0.05) is 50.0 Å². The zero-order valence-electron chi connectivity index (χ0n) is 17.4. The number of ether oxygens (including phenoxy) is 1. The average Bonchev–Trinajstić information content (AvgIpc) is 3.26. The number of methoxy groups -OCH3 is 1. The van der Waals surface area contributed by atoms with Gasteiger partial charge in [-0.05, 0) is 51.6 Å². The lowest BCUT2D eigenvalue weighted by Gasteiger charge is -2.31. The third kappa shape index (κ3) is 4.31. The number of unbranched alkanes of at least 4 members (excludes halogenated alkanes) is 1. The van der Waals surface area contributed by atoms with Gasteiger partial charge >= 0.3 is 0 Å². The van der Waals surface area contributed by atoms with Gasteiger partial charge in [-0.25, -0.2) is 9.37 Å². The topological polar surface area (TPSA) is 59.4 Å². The first-order chi connectivity index (χ1) is 14.1. The number of carbonyl (C=O) groups is 1. The standard InChI is InChI=1S/C22H31FN4O2/c1-15(27(18-5-6-18)22(28)16-7-8-24-12-16)20-14-26(9-3-4-10-29-2)21-19(20)11-17(23)13-25-21/h11,13-16,18,24H,3-10,12H2,1-2H3/t15?,16-/m1/s1. The summed E-state index contributed by atoms with van der Waals surface area (Å²) >= 11 is 0. The first-order valence-electron chi connectivity index (χ1n) is 10.8. The minimum Gasteiger partial charge on any atom is -0.385 e. The maximum Gasteiger partial charge on any atom is 0.227 e. The Labute approximate surface area is 171 Å². The summed E-state index contributed by atoms with van der Waals surface area (Å²) in [6, 6.07) is 1.77. The van der Waals surface area contributed by atoms with Crippen molar-refractivity contribution in [2.45, 2.75) is 57.7 Å². The van der Waals surface area contributed by atoms with E-state index in [0.717, 1.165) is 74.9 Å². The second-order valence-corrected chi connectivity index (χ2v) is 8.34. The highest BCUT2D eigenvalue weighted by atomic mass is 19.1. The van der Waals surface area contributed by atoms with Crippen LogP contribution in [0.1, 0.15) is 50.6 Å². The highest BCUT2D eigenvalue weighted by Gasteiger charge is 2.40. The van der Waals surface area contributed by atoms with Gasteiger partial charge in [0.1, 0.15) is 11.5 Å². The Kier molecular flexibility index (Phi) is 6.15. The number of amides is 1. The number of hydrogen-bond donors (Lipinski definition) is 1. The molecule has 1 saturated carbocycles. The fourth-order valence-electron chi connectivity index (χ4n) is 4.47. The molecule has 29 heavy (non-hydrogen) atoms. The quantitative estimate of drug-likeness (QED) is 0.654. The molecule has 0 bridgehead atoms. The summed E-state index contributed by atoms with van der Waals surface area (Å²) in [5, 5.41) is 4.11. The van der Waals surface area contributed by atoms with Crippen LogP contribution < -0.4 is 5.32 Å². The highest BCUT2D eigenvalue weighted by Crippen LogP contribution is 2.38. The molecule has 6 nitrogen and oxygen atoms in total. The van der Waals surface area contributed by atoms with Crippen molar-refractivity contribution < 1.29 is 13.9 Å². The van der Waals surface area contributed by atoms with Crippen molar-refractivity contribution in [3.63, 3.8) is 0 Å². The van der Waals surface area contributed by atoms with E-state index in [9.17, 15) is 9.18 Å². The first-order valence-corrected chi connectivity index (χ1v) is 10.8. The van der Waals surface area contributed by atoms with Crippen LogP contribution in [0.15, 0.2) is 18.5 Å². The molecule has 3 heterocycles. The smallest absolute Gasteiger partial charge is 0.227 e. The number of halogens is 1. The van der Waals surface area contributed by atoms with E-state index in [1.54, 1.807) is 13.2 Å². The Morgan fingerprint density at radius 2 is 2.24 bits per heavy atom. The van der Waals surface area contributed by atoms with E-state index in [-0.39, 0.29) is 23.7 Å². The van der Waals surface area contributed by atoms with Gasteiger partial charge < -0.3 is 19.5 Å². The van der Waals surface area contributed by atoms with Gasteiger partial charge in [0.2, 0.25) is 5.91 Å². The second-order valence-electron chi connectivity index (χ2n) is 8.34. The summed E-state index contributed by atoms with van der Waals surface area (Å²) in [5.41, 5.74) is 1.78. The number of carbonyl (C=O) groups excluding carboxylic acids is 1. The summed E-state index contributed by atoms with van der Waals surface area (Å²) in [6.45, 7) is 5.26. The molecular weight excluding hydrogens is 371 g/mol. The van der Waals surface area contributed by atoms with Crippen LogP contribution >= 0.6 is 0 Å². The van der Waals surface area contributed by atoms with Crippen molar-refractivity contribution in [2.24, 2.45) is 5.92 Å². The van der Waals surface area contributed by atoms with Crippen molar-refractivity contribution in [2.75, 3.05) is 26.8 Å². The highest BCUT2D eigenvalue weighted by molar-refractivity contribution is 5.84. The second kappa shape index (κ2) is 8.79. The minimum atomic E-state index is -0.340. The van der Waals surface area contributed by atoms with Crippen LogP contribution in [0.5, 0.6) is 0 Å². The molecule has 2 atom stereocenters. The van der Waals surface area contributed by atoms with Crippen LogP contribution in [0.2, 0.25) is 0 Å². The number of hydrogen-bond acceptors (Lipinski definition) is 4. The van der Waals surface area contributed by atoms with E-state index in [0.29, 0.717) is 6.04 Å². The number of aryl methyl sites for hydroxylation is 1. The van der Waals surface area contributed by atoms with Crippen molar-refractivity contribution in [3.8, 4) is 0 Å². The van der Waals surface area contributed by atoms with Crippen molar-refractivity contribution in [1.82, 2.24) is 19.8 Å². The predicted octanol–water partition coefficient (Wildman–Crippen LogP) is 3.26. The molecule has 0 aromatic carbocycles. The fraction of sp³-hybridized carbons (Fsp3) is 0.636. The van der Waals surface area contributed by atoms with Gasteiger partial charge in [-0.2, -0.15) is 0 Å². The number of pyridine rings is 1. The minimum absolute atomic E-state index is 0.0512. The molecule has 1 aliphatic carbocycles. The van der Waals surface area contributed by atoms with Gasteiger partial charge in [-0.3, -0.25) is 4.79 Å². The lowest BCUT2D eigenvalue weighted by atomic mass is 10.0. The Morgan fingerprint density at radius 1 is 1.41 bits per heavy atom. The maximum absolute atomic E-state index is 14.0. The average molecular weight is 403 g/mol. The lowest BCUT2D eigenvalue weighted by molar-refractivity contribution is -0.137. The predicted molar refractivity (Wildman–Crippen MR) is 110 cm³/mol. The van der Waals surface area contributed by atoms with E-state index < -0.39 is 0 Å². The molecule has 1 saturated heterocycles. The Bertz CT molecular complexity index is 858. The van der Waals surface area contributed by atoms with E-state index in [1.165, 1.54) is 6.20 Å². The first kappa shape index (κ1) is 20.3. The van der Waals surface area contributed by atoms with Crippen LogP contribution in [0, 0.1) is 11.7 Å². The normalized spacial score (nSPS) is 20.3. The van der Waals surface area contributed by atoms with Crippen molar-refractivity contribution in [3.05, 3.63) is 29.8 Å². The van der Waals surface area contributed by atoms with Gasteiger partial charge in [0.05, 0.1) is 18.2 Å². The third-order valence-electron chi connectivity index (χ3n) is 6.18. The van der Waals surface area contributed by atoms with Gasteiger partial charge in [-0.1, -0.05) is 0 Å². The van der Waals surface area contributed by atoms with Crippen LogP contribution in [0.4, 0.5) is 4.39 Å². The van der Waals surface area contributed by atoms with Crippen molar-refractivity contribution in [1.29, 1.82) is 0 Å². The Balaban J connectivity index is 1.63. The van der Waals surface area contributed by atoms with Crippen LogP contribution in [0.3, 0.4) is 0 Å². The summed E-state index contributed by atoms with van der Waals surface area (Å²) < 4.78 is 21.3. The van der Waals surface area contributed by atoms with Gasteiger partial charge in [-0.15, -0.1) is 0 Å². The Morgan fingerprint density at radius 3 is 2.93 bits per heavy atom.